The van der Waals surface area contributed by atoms with E-state index in [4.69, 9.17) is 10.0 Å². The zero-order chi connectivity index (χ0) is 38.6. The smallest absolute Gasteiger partial charge is 0.469 e. The predicted octanol–water partition coefficient (Wildman–Crippen LogP) is 8.56. The molecule has 0 aliphatic carbocycles. The fraction of sp³-hybridized carbons (Fsp3) is 0.316. The van der Waals surface area contributed by atoms with E-state index in [1.165, 1.54) is 26.4 Å². The molecule has 0 saturated carbocycles. The normalized spacial score (nSPS) is 10.4. The van der Waals surface area contributed by atoms with Crippen molar-refractivity contribution in [2.24, 2.45) is 0 Å². The van der Waals surface area contributed by atoms with Crippen molar-refractivity contribution < 1.29 is 55.5 Å². The highest BCUT2D eigenvalue weighted by molar-refractivity contribution is 9.10. The van der Waals surface area contributed by atoms with Gasteiger partial charge in [0.2, 0.25) is 0 Å². The van der Waals surface area contributed by atoms with Crippen molar-refractivity contribution in [1.82, 2.24) is 0 Å². The second-order valence-corrected chi connectivity index (χ2v) is 12.4. The summed E-state index contributed by atoms with van der Waals surface area (Å²) in [5.74, 6) is -5.13. The van der Waals surface area contributed by atoms with Gasteiger partial charge in [-0.15, -0.1) is 0 Å². The summed E-state index contributed by atoms with van der Waals surface area (Å²) in [5.41, 5.74) is 2.30. The van der Waals surface area contributed by atoms with Crippen molar-refractivity contribution in [2.75, 3.05) is 14.2 Å². The molecule has 2 N–H and O–H groups in total. The van der Waals surface area contributed by atoms with E-state index in [0.717, 1.165) is 86.4 Å². The van der Waals surface area contributed by atoms with E-state index in [1.54, 1.807) is 24.3 Å². The summed E-state index contributed by atoms with van der Waals surface area (Å²) < 4.78 is 87.8. The number of halogens is 7. The van der Waals surface area contributed by atoms with Gasteiger partial charge >= 0.3 is 19.1 Å². The molecule has 0 atom stereocenters. The summed E-state index contributed by atoms with van der Waals surface area (Å²) in [4.78, 5) is 21.8. The maximum absolute atomic E-state index is 14.2. The minimum Gasteiger partial charge on any atom is -0.469 e. The molecule has 4 aromatic rings. The summed E-state index contributed by atoms with van der Waals surface area (Å²) >= 11 is 3.12. The number of rotatable bonds is 14. The molecule has 0 saturated heterocycles. The highest BCUT2D eigenvalue weighted by Crippen LogP contribution is 2.26. The number of hydrogen-bond donors (Lipinski definition) is 2. The minimum absolute atomic E-state index is 0.0658. The molecule has 4 aromatic carbocycles. The van der Waals surface area contributed by atoms with Crippen LogP contribution in [-0.2, 0) is 31.9 Å². The van der Waals surface area contributed by atoms with Crippen LogP contribution in [0.1, 0.15) is 62.5 Å². The van der Waals surface area contributed by atoms with Crippen LogP contribution in [0.4, 0.5) is 26.3 Å². The van der Waals surface area contributed by atoms with Crippen LogP contribution in [0.25, 0.3) is 11.1 Å². The molecule has 0 aromatic heterocycles. The first kappa shape index (κ1) is 44.0. The van der Waals surface area contributed by atoms with Gasteiger partial charge in [0.15, 0.2) is 23.3 Å². The Labute approximate surface area is 308 Å². The van der Waals surface area contributed by atoms with E-state index in [1.807, 2.05) is 6.07 Å². The maximum Gasteiger partial charge on any atom is 0.488 e. The quantitative estimate of drug-likeness (QED) is 0.0576. The van der Waals surface area contributed by atoms with E-state index in [2.05, 4.69) is 25.4 Å². The van der Waals surface area contributed by atoms with Crippen molar-refractivity contribution in [3.05, 3.63) is 123 Å². The van der Waals surface area contributed by atoms with Gasteiger partial charge in [-0.2, -0.15) is 0 Å². The Morgan fingerprint density at radius 1 is 0.577 bits per heavy atom. The van der Waals surface area contributed by atoms with Gasteiger partial charge in [-0.25, -0.2) is 26.3 Å². The van der Waals surface area contributed by atoms with E-state index in [-0.39, 0.29) is 28.8 Å². The number of esters is 2. The Balaban J connectivity index is 0.000000291. The van der Waals surface area contributed by atoms with Gasteiger partial charge in [0.05, 0.1) is 18.7 Å². The van der Waals surface area contributed by atoms with E-state index in [9.17, 15) is 35.9 Å². The molecule has 0 spiro atoms. The summed E-state index contributed by atoms with van der Waals surface area (Å²) in [6, 6.07) is 15.9. The van der Waals surface area contributed by atoms with Gasteiger partial charge in [0.25, 0.3) is 0 Å². The highest BCUT2D eigenvalue weighted by atomic mass is 79.9. The summed E-state index contributed by atoms with van der Waals surface area (Å²) in [6.07, 6.45) is 7.54. The predicted molar refractivity (Wildman–Crippen MR) is 190 cm³/mol. The summed E-state index contributed by atoms with van der Waals surface area (Å²) in [7, 11) is 0.997. The molecule has 0 aliphatic heterocycles. The number of aryl methyl sites for hydroxylation is 2. The molecule has 0 fully saturated rings. The van der Waals surface area contributed by atoms with Crippen LogP contribution in [-0.4, -0.2) is 43.3 Å². The lowest BCUT2D eigenvalue weighted by atomic mass is 9.80. The first-order valence-corrected chi connectivity index (χ1v) is 17.2. The second kappa shape index (κ2) is 23.4. The van der Waals surface area contributed by atoms with Crippen molar-refractivity contribution >= 4 is 40.4 Å². The van der Waals surface area contributed by atoms with Gasteiger partial charge in [0.1, 0.15) is 11.6 Å². The molecule has 0 heterocycles. The van der Waals surface area contributed by atoms with Crippen LogP contribution in [0.2, 0.25) is 0 Å². The molecule has 0 amide bonds. The van der Waals surface area contributed by atoms with E-state index >= 15 is 0 Å². The topological polar surface area (TPSA) is 93.1 Å². The number of ether oxygens (including phenoxy) is 2. The lowest BCUT2D eigenvalue weighted by Crippen LogP contribution is -2.30. The number of methoxy groups -OCH3 is 2. The Morgan fingerprint density at radius 2 is 1.08 bits per heavy atom. The fourth-order valence-corrected chi connectivity index (χ4v) is 4.98. The Hall–Kier alpha value is -4.14. The Bertz CT molecular complexity index is 1740. The van der Waals surface area contributed by atoms with Crippen LogP contribution in [0, 0.1) is 34.9 Å². The number of hydrogen-bond acceptors (Lipinski definition) is 6. The average molecular weight is 797 g/mol. The molecular formula is C38H40BBrF6O6. The molecule has 0 unspecified atom stereocenters. The standard InChI is InChI=1S/C19H19F3O2.C13H16BrFO2.C6H5BF2O2/c1-24-19(23)6-4-2-3-5-13-7-9-15(17(21)11-13)14-8-10-16(20)18(22)12-14;1-17-13(16)6-4-2-3-5-10-7-8-11(14)12(15)9-10;8-5-2-1-4(7(10)11)3-6(5)9/h7-12H,2-6H2,1H3;7-9H,2-6H2,1H3;1-3,10-11H. The molecule has 0 radical (unpaired) electrons. The SMILES string of the molecule is COC(=O)CCCCCc1ccc(-c2ccc(F)c(F)c2)c(F)c1.COC(=O)CCCCCc1ccc(Br)c(F)c1.OB(O)c1ccc(F)c(F)c1. The third-order valence-corrected chi connectivity index (χ3v) is 8.28. The molecule has 4 rings (SSSR count). The first-order chi connectivity index (χ1) is 24.7. The number of carbonyl (C=O) groups excluding carboxylic acids is 2. The van der Waals surface area contributed by atoms with Crippen LogP contribution in [0.5, 0.6) is 0 Å². The van der Waals surface area contributed by atoms with Gasteiger partial charge in [-0.1, -0.05) is 43.2 Å². The van der Waals surface area contributed by atoms with E-state index in [0.29, 0.717) is 29.3 Å². The molecule has 280 valence electrons. The van der Waals surface area contributed by atoms with Gasteiger partial charge < -0.3 is 19.5 Å². The number of benzene rings is 4. The molecular weight excluding hydrogens is 757 g/mol. The zero-order valence-corrected chi connectivity index (χ0v) is 30.3. The molecule has 0 bridgehead atoms. The van der Waals surface area contributed by atoms with Crippen LogP contribution >= 0.6 is 15.9 Å². The van der Waals surface area contributed by atoms with Gasteiger partial charge in [0, 0.05) is 18.4 Å². The monoisotopic (exact) mass is 796 g/mol. The minimum atomic E-state index is -1.76. The van der Waals surface area contributed by atoms with Crippen LogP contribution in [0.15, 0.2) is 77.3 Å². The van der Waals surface area contributed by atoms with Gasteiger partial charge in [-0.3, -0.25) is 9.59 Å². The van der Waals surface area contributed by atoms with Crippen molar-refractivity contribution in [2.45, 2.75) is 64.2 Å². The first-order valence-electron chi connectivity index (χ1n) is 16.4. The number of carbonyl (C=O) groups is 2. The fourth-order valence-electron chi connectivity index (χ4n) is 4.73. The third kappa shape index (κ3) is 16.0. The highest BCUT2D eigenvalue weighted by Gasteiger charge is 2.13. The molecule has 0 aliphatic rings. The van der Waals surface area contributed by atoms with Crippen molar-refractivity contribution in [1.29, 1.82) is 0 Å². The second-order valence-electron chi connectivity index (χ2n) is 11.5. The maximum atomic E-state index is 14.2. The summed E-state index contributed by atoms with van der Waals surface area (Å²) in [5, 5.41) is 17.0. The molecule has 6 nitrogen and oxygen atoms in total. The average Bonchev–Trinajstić information content (AvgIpc) is 3.12. The number of unbranched alkanes of at least 4 members (excludes halogenated alkanes) is 4. The molecule has 52 heavy (non-hydrogen) atoms. The zero-order valence-electron chi connectivity index (χ0n) is 28.7. The molecule has 14 heteroatoms. The van der Waals surface area contributed by atoms with Crippen molar-refractivity contribution in [3.8, 4) is 11.1 Å². The third-order valence-electron chi connectivity index (χ3n) is 7.64. The van der Waals surface area contributed by atoms with Crippen LogP contribution in [0.3, 0.4) is 0 Å². The van der Waals surface area contributed by atoms with Crippen LogP contribution < -0.4 is 5.46 Å². The lowest BCUT2D eigenvalue weighted by molar-refractivity contribution is -0.141. The lowest BCUT2D eigenvalue weighted by Gasteiger charge is -2.07. The van der Waals surface area contributed by atoms with Gasteiger partial charge in [-0.05, 0) is 119 Å². The summed E-state index contributed by atoms with van der Waals surface area (Å²) in [6.45, 7) is 0. The largest absolute Gasteiger partial charge is 0.488 e. The Kier molecular flexibility index (Phi) is 19.8. The van der Waals surface area contributed by atoms with E-state index < -0.39 is 36.2 Å². The van der Waals surface area contributed by atoms with Crippen molar-refractivity contribution in [3.63, 3.8) is 0 Å². The Morgan fingerprint density at radius 3 is 1.54 bits per heavy atom.